The fourth-order valence-electron chi connectivity index (χ4n) is 1.65. The van der Waals surface area contributed by atoms with Gasteiger partial charge in [-0.2, -0.15) is 0 Å². The van der Waals surface area contributed by atoms with Crippen LogP contribution in [0.4, 0.5) is 0 Å². The van der Waals surface area contributed by atoms with Crippen LogP contribution < -0.4 is 0 Å². The Morgan fingerprint density at radius 3 is 3.17 bits per heavy atom. The van der Waals surface area contributed by atoms with Crippen LogP contribution in [0, 0.1) is 0 Å². The molecule has 3 aliphatic heterocycles. The molecular weight excluding hydrogens is 150 g/mol. The second-order valence-electron chi connectivity index (χ2n) is 3.06. The van der Waals surface area contributed by atoms with Crippen molar-refractivity contribution in [2.75, 3.05) is 13.1 Å². The highest BCUT2D eigenvalue weighted by Crippen LogP contribution is 2.25. The lowest BCUT2D eigenvalue weighted by Gasteiger charge is -2.25. The van der Waals surface area contributed by atoms with Crippen LogP contribution in [0.5, 0.6) is 0 Å². The number of hydrogen-bond donors (Lipinski definition) is 0. The van der Waals surface area contributed by atoms with Crippen molar-refractivity contribution in [2.45, 2.75) is 0 Å². The molecule has 0 saturated heterocycles. The minimum Gasteiger partial charge on any atom is -0.339 e. The molecular formula is C9H9N3. The summed E-state index contributed by atoms with van der Waals surface area (Å²) in [6.07, 6.45) is 10.5. The first-order valence-corrected chi connectivity index (χ1v) is 4.09. The molecule has 3 heteroatoms. The summed E-state index contributed by atoms with van der Waals surface area (Å²) < 4.78 is 0. The van der Waals surface area contributed by atoms with Gasteiger partial charge in [-0.05, 0) is 6.08 Å². The third-order valence-electron chi connectivity index (χ3n) is 2.28. The minimum atomic E-state index is 0.914. The fourth-order valence-corrected chi connectivity index (χ4v) is 1.65. The zero-order chi connectivity index (χ0) is 7.97. The molecule has 0 spiro atoms. The lowest BCUT2D eigenvalue weighted by molar-refractivity contribution is 0.444. The van der Waals surface area contributed by atoms with E-state index in [9.17, 15) is 0 Å². The molecule has 0 saturated carbocycles. The van der Waals surface area contributed by atoms with E-state index in [1.165, 1.54) is 5.70 Å². The molecule has 60 valence electrons. The Morgan fingerprint density at radius 1 is 1.17 bits per heavy atom. The molecule has 0 N–H and O–H groups in total. The molecule has 0 fully saturated rings. The van der Waals surface area contributed by atoms with Gasteiger partial charge in [-0.1, -0.05) is 6.08 Å². The van der Waals surface area contributed by atoms with Crippen LogP contribution in [0.3, 0.4) is 0 Å². The molecule has 0 radical (unpaired) electrons. The van der Waals surface area contributed by atoms with Gasteiger partial charge in [0, 0.05) is 25.2 Å². The number of allylic oxidation sites excluding steroid dienone is 1. The third-order valence-corrected chi connectivity index (χ3v) is 2.28. The molecule has 0 aromatic heterocycles. The van der Waals surface area contributed by atoms with Crippen molar-refractivity contribution in [3.05, 3.63) is 36.1 Å². The maximum atomic E-state index is 4.27. The van der Waals surface area contributed by atoms with Crippen LogP contribution in [0.2, 0.25) is 0 Å². The summed E-state index contributed by atoms with van der Waals surface area (Å²) in [6, 6.07) is 0. The molecule has 3 nitrogen and oxygen atoms in total. The Labute approximate surface area is 71.0 Å². The van der Waals surface area contributed by atoms with Gasteiger partial charge >= 0.3 is 0 Å². The zero-order valence-corrected chi connectivity index (χ0v) is 6.64. The normalized spacial score (nSPS) is 24.0. The molecule has 3 aliphatic rings. The summed E-state index contributed by atoms with van der Waals surface area (Å²) in [5.41, 5.74) is 1.27. The smallest absolute Gasteiger partial charge is 0.149 e. The first-order valence-electron chi connectivity index (χ1n) is 4.09. The quantitative estimate of drug-likeness (QED) is 0.523. The van der Waals surface area contributed by atoms with Crippen LogP contribution in [-0.2, 0) is 0 Å². The standard InChI is InChI=1S/C9H9N3/c1-2-8-6-12-5-3-10-9(12)7-11(8)4-1/h1-3,6-7H,4-5H2. The second kappa shape index (κ2) is 2.00. The van der Waals surface area contributed by atoms with E-state index in [1.54, 1.807) is 0 Å². The summed E-state index contributed by atoms with van der Waals surface area (Å²) in [6.45, 7) is 1.90. The zero-order valence-electron chi connectivity index (χ0n) is 6.64. The Kier molecular flexibility index (Phi) is 1.01. The second-order valence-corrected chi connectivity index (χ2v) is 3.06. The SMILES string of the molecule is C1=CC2=CN3CC=NC3=CN2C1. The first kappa shape index (κ1) is 6.06. The van der Waals surface area contributed by atoms with Gasteiger partial charge < -0.3 is 9.80 Å². The number of nitrogens with zero attached hydrogens (tertiary/aromatic N) is 3. The molecule has 3 heterocycles. The van der Waals surface area contributed by atoms with E-state index in [-0.39, 0.29) is 0 Å². The van der Waals surface area contributed by atoms with Gasteiger partial charge in [0.15, 0.2) is 0 Å². The van der Waals surface area contributed by atoms with Gasteiger partial charge in [0.2, 0.25) is 0 Å². The third kappa shape index (κ3) is 0.679. The van der Waals surface area contributed by atoms with Gasteiger partial charge in [0.05, 0.1) is 12.2 Å². The minimum absolute atomic E-state index is 0.914. The van der Waals surface area contributed by atoms with Crippen molar-refractivity contribution in [3.8, 4) is 0 Å². The summed E-state index contributed by atoms with van der Waals surface area (Å²) in [4.78, 5) is 8.62. The number of rotatable bonds is 0. The first-order chi connectivity index (χ1) is 5.93. The van der Waals surface area contributed by atoms with Gasteiger partial charge in [0.1, 0.15) is 5.82 Å². The average molecular weight is 159 g/mol. The van der Waals surface area contributed by atoms with Crippen molar-refractivity contribution in [2.24, 2.45) is 4.99 Å². The largest absolute Gasteiger partial charge is 0.339 e. The van der Waals surface area contributed by atoms with Crippen LogP contribution in [0.25, 0.3) is 0 Å². The van der Waals surface area contributed by atoms with Crippen LogP contribution >= 0.6 is 0 Å². The lowest BCUT2D eigenvalue weighted by atomic mass is 10.4. The van der Waals surface area contributed by atoms with Gasteiger partial charge in [0.25, 0.3) is 0 Å². The summed E-state index contributed by atoms with van der Waals surface area (Å²) in [5, 5.41) is 0. The lowest BCUT2D eigenvalue weighted by Crippen LogP contribution is -2.23. The maximum absolute atomic E-state index is 4.27. The van der Waals surface area contributed by atoms with Crippen LogP contribution in [0.1, 0.15) is 0 Å². The predicted molar refractivity (Wildman–Crippen MR) is 47.2 cm³/mol. The molecule has 0 aromatic rings. The van der Waals surface area contributed by atoms with Crippen molar-refractivity contribution >= 4 is 6.21 Å². The van der Waals surface area contributed by atoms with E-state index >= 15 is 0 Å². The van der Waals surface area contributed by atoms with Crippen molar-refractivity contribution in [1.82, 2.24) is 9.80 Å². The highest BCUT2D eigenvalue weighted by Gasteiger charge is 2.21. The van der Waals surface area contributed by atoms with Gasteiger partial charge in [-0.25, -0.2) is 4.99 Å². The molecule has 12 heavy (non-hydrogen) atoms. The van der Waals surface area contributed by atoms with E-state index in [0.29, 0.717) is 0 Å². The highest BCUT2D eigenvalue weighted by molar-refractivity contribution is 5.65. The molecule has 0 bridgehead atoms. The van der Waals surface area contributed by atoms with E-state index in [1.807, 2.05) is 6.21 Å². The van der Waals surface area contributed by atoms with E-state index in [2.05, 4.69) is 39.3 Å². The van der Waals surface area contributed by atoms with Crippen molar-refractivity contribution in [3.63, 3.8) is 0 Å². The molecule has 0 aliphatic carbocycles. The van der Waals surface area contributed by atoms with Gasteiger partial charge in [-0.3, -0.25) is 0 Å². The van der Waals surface area contributed by atoms with Gasteiger partial charge in [-0.15, -0.1) is 0 Å². The molecule has 0 amide bonds. The Balaban J connectivity index is 2.03. The summed E-state index contributed by atoms with van der Waals surface area (Å²) in [5.74, 6) is 1.06. The highest BCUT2D eigenvalue weighted by atomic mass is 15.3. The predicted octanol–water partition coefficient (Wildman–Crippen LogP) is 0.898. The molecule has 0 unspecified atom stereocenters. The number of aliphatic imine (C=N–C) groups is 1. The Hall–Kier alpha value is -1.51. The van der Waals surface area contributed by atoms with Crippen LogP contribution in [0.15, 0.2) is 41.1 Å². The molecule has 3 rings (SSSR count). The van der Waals surface area contributed by atoms with E-state index in [0.717, 1.165) is 18.9 Å². The van der Waals surface area contributed by atoms with Crippen molar-refractivity contribution in [1.29, 1.82) is 0 Å². The average Bonchev–Trinajstić information content (AvgIpc) is 2.64. The van der Waals surface area contributed by atoms with Crippen molar-refractivity contribution < 1.29 is 0 Å². The summed E-state index contributed by atoms with van der Waals surface area (Å²) in [7, 11) is 0. The molecule has 0 aromatic carbocycles. The Bertz CT molecular complexity index is 302. The maximum Gasteiger partial charge on any atom is 0.149 e. The monoisotopic (exact) mass is 159 g/mol. The topological polar surface area (TPSA) is 18.8 Å². The Morgan fingerprint density at radius 2 is 2.17 bits per heavy atom. The number of fused-ring (bicyclic) bond motifs is 2. The van der Waals surface area contributed by atoms with Crippen LogP contribution in [-0.4, -0.2) is 29.1 Å². The number of hydrogen-bond acceptors (Lipinski definition) is 3. The van der Waals surface area contributed by atoms with E-state index in [4.69, 9.17) is 0 Å². The fraction of sp³-hybridized carbons (Fsp3) is 0.222. The molecule has 0 atom stereocenters. The van der Waals surface area contributed by atoms with E-state index < -0.39 is 0 Å². The summed E-state index contributed by atoms with van der Waals surface area (Å²) >= 11 is 0.